The molecular formula is C21H29FN2O3. The fraction of sp³-hybridized carbons (Fsp3) is 0.619. The van der Waals surface area contributed by atoms with E-state index >= 15 is 0 Å². The number of nitrogens with zero attached hydrogens (tertiary/aromatic N) is 1. The van der Waals surface area contributed by atoms with Crippen LogP contribution in [-0.4, -0.2) is 42.5 Å². The second kappa shape index (κ2) is 8.28. The van der Waals surface area contributed by atoms with Gasteiger partial charge in [-0.15, -0.1) is 0 Å². The molecule has 6 heteroatoms. The lowest BCUT2D eigenvalue weighted by atomic mass is 9.84. The van der Waals surface area contributed by atoms with Crippen molar-refractivity contribution in [2.45, 2.75) is 57.4 Å². The van der Waals surface area contributed by atoms with Crippen molar-refractivity contribution >= 4 is 11.8 Å². The number of methoxy groups -OCH3 is 1. The first-order chi connectivity index (χ1) is 12.9. The zero-order valence-electron chi connectivity index (χ0n) is 16.2. The lowest BCUT2D eigenvalue weighted by Gasteiger charge is -2.33. The van der Waals surface area contributed by atoms with E-state index in [2.05, 4.69) is 12.2 Å². The van der Waals surface area contributed by atoms with Crippen LogP contribution in [0.2, 0.25) is 0 Å². The highest BCUT2D eigenvalue weighted by molar-refractivity contribution is 5.80. The van der Waals surface area contributed by atoms with Crippen molar-refractivity contribution in [1.29, 1.82) is 0 Å². The average molecular weight is 376 g/mol. The van der Waals surface area contributed by atoms with E-state index in [1.54, 1.807) is 12.1 Å². The van der Waals surface area contributed by atoms with Gasteiger partial charge < -0.3 is 15.0 Å². The van der Waals surface area contributed by atoms with Crippen molar-refractivity contribution in [3.63, 3.8) is 0 Å². The summed E-state index contributed by atoms with van der Waals surface area (Å²) < 4.78 is 18.8. The van der Waals surface area contributed by atoms with Crippen molar-refractivity contribution in [3.8, 4) is 5.75 Å². The van der Waals surface area contributed by atoms with Crippen LogP contribution in [0.15, 0.2) is 18.2 Å². The van der Waals surface area contributed by atoms with Crippen molar-refractivity contribution in [1.82, 2.24) is 10.2 Å². The van der Waals surface area contributed by atoms with E-state index in [0.29, 0.717) is 38.0 Å². The van der Waals surface area contributed by atoms with Crippen LogP contribution in [0.25, 0.3) is 0 Å². The van der Waals surface area contributed by atoms with Crippen LogP contribution in [0.4, 0.5) is 4.39 Å². The summed E-state index contributed by atoms with van der Waals surface area (Å²) in [4.78, 5) is 26.5. The van der Waals surface area contributed by atoms with Crippen LogP contribution in [0.3, 0.4) is 0 Å². The van der Waals surface area contributed by atoms with Gasteiger partial charge in [0, 0.05) is 31.5 Å². The molecule has 0 aliphatic carbocycles. The number of benzene rings is 1. The van der Waals surface area contributed by atoms with E-state index in [1.807, 2.05) is 4.90 Å². The monoisotopic (exact) mass is 376 g/mol. The molecule has 0 radical (unpaired) electrons. The van der Waals surface area contributed by atoms with Gasteiger partial charge in [-0.2, -0.15) is 0 Å². The van der Waals surface area contributed by atoms with Crippen LogP contribution in [0, 0.1) is 11.7 Å². The van der Waals surface area contributed by atoms with Gasteiger partial charge in [-0.25, -0.2) is 4.39 Å². The number of carbonyl (C=O) groups excluding carboxylic acids is 2. The van der Waals surface area contributed by atoms with Gasteiger partial charge in [0.1, 0.15) is 0 Å². The molecule has 1 N–H and O–H groups in total. The second-order valence-electron chi connectivity index (χ2n) is 8.06. The minimum absolute atomic E-state index is 0.0168. The highest BCUT2D eigenvalue weighted by Crippen LogP contribution is 2.31. The molecule has 0 aromatic heterocycles. The van der Waals surface area contributed by atoms with E-state index in [9.17, 15) is 14.0 Å². The number of amides is 2. The molecule has 0 spiro atoms. The zero-order chi connectivity index (χ0) is 19.4. The van der Waals surface area contributed by atoms with E-state index in [4.69, 9.17) is 4.74 Å². The number of halogens is 1. The van der Waals surface area contributed by atoms with Crippen LogP contribution < -0.4 is 10.1 Å². The Morgan fingerprint density at radius 1 is 1.44 bits per heavy atom. The molecule has 2 aliphatic rings. The van der Waals surface area contributed by atoms with Crippen LogP contribution in [-0.2, 0) is 16.0 Å². The SMILES string of the molecule is COc1cc(C[C@]2(CCC(=O)N3CCC[C@H](C)C3)CCC(=O)N2)ccc1F. The number of piperidine rings is 1. The highest BCUT2D eigenvalue weighted by Gasteiger charge is 2.38. The van der Waals surface area contributed by atoms with Crippen molar-refractivity contribution in [2.75, 3.05) is 20.2 Å². The molecule has 3 rings (SSSR count). The number of ether oxygens (including phenoxy) is 1. The molecule has 2 atom stereocenters. The molecule has 2 heterocycles. The fourth-order valence-corrected chi connectivity index (χ4v) is 4.31. The number of likely N-dealkylation sites (tertiary alicyclic amines) is 1. The van der Waals surface area contributed by atoms with E-state index in [0.717, 1.165) is 25.1 Å². The summed E-state index contributed by atoms with van der Waals surface area (Å²) in [7, 11) is 1.44. The smallest absolute Gasteiger partial charge is 0.222 e. The maximum atomic E-state index is 13.7. The van der Waals surface area contributed by atoms with Gasteiger partial charge in [0.05, 0.1) is 7.11 Å². The second-order valence-corrected chi connectivity index (χ2v) is 8.06. The molecule has 1 aromatic rings. The Labute approximate surface area is 160 Å². The summed E-state index contributed by atoms with van der Waals surface area (Å²) >= 11 is 0. The molecule has 0 unspecified atom stereocenters. The number of hydrogen-bond donors (Lipinski definition) is 1. The number of rotatable bonds is 6. The van der Waals surface area contributed by atoms with Gasteiger partial charge in [-0.3, -0.25) is 9.59 Å². The third-order valence-electron chi connectivity index (χ3n) is 5.82. The first kappa shape index (κ1) is 19.6. The Bertz CT molecular complexity index is 709. The maximum absolute atomic E-state index is 13.7. The Kier molecular flexibility index (Phi) is 6.02. The predicted molar refractivity (Wildman–Crippen MR) is 101 cm³/mol. The Morgan fingerprint density at radius 3 is 2.93 bits per heavy atom. The molecule has 2 fully saturated rings. The summed E-state index contributed by atoms with van der Waals surface area (Å²) in [6, 6.07) is 4.78. The third kappa shape index (κ3) is 4.79. The molecule has 2 saturated heterocycles. The third-order valence-corrected chi connectivity index (χ3v) is 5.82. The van der Waals surface area contributed by atoms with Gasteiger partial charge in [0.25, 0.3) is 0 Å². The summed E-state index contributed by atoms with van der Waals surface area (Å²) in [5, 5.41) is 3.09. The Morgan fingerprint density at radius 2 is 2.26 bits per heavy atom. The highest BCUT2D eigenvalue weighted by atomic mass is 19.1. The van der Waals surface area contributed by atoms with Crippen molar-refractivity contribution in [3.05, 3.63) is 29.6 Å². The largest absolute Gasteiger partial charge is 0.494 e. The van der Waals surface area contributed by atoms with Gasteiger partial charge in [0.15, 0.2) is 11.6 Å². The molecule has 148 valence electrons. The molecule has 27 heavy (non-hydrogen) atoms. The summed E-state index contributed by atoms with van der Waals surface area (Å²) in [5.74, 6) is 0.530. The van der Waals surface area contributed by atoms with Crippen molar-refractivity contribution < 1.29 is 18.7 Å². The van der Waals surface area contributed by atoms with E-state index in [-0.39, 0.29) is 17.6 Å². The van der Waals surface area contributed by atoms with Crippen molar-refractivity contribution in [2.24, 2.45) is 5.92 Å². The lowest BCUT2D eigenvalue weighted by Crippen LogP contribution is -2.45. The van der Waals surface area contributed by atoms with E-state index in [1.165, 1.54) is 19.6 Å². The fourth-order valence-electron chi connectivity index (χ4n) is 4.31. The standard InChI is InChI=1S/C21H29FN2O3/c1-15-4-3-11-24(14-15)20(26)8-10-21(9-7-19(25)23-21)13-16-5-6-17(22)18(12-16)27-2/h5-6,12,15H,3-4,7-11,13-14H2,1-2H3,(H,23,25)/t15-,21+/m0/s1. The number of carbonyl (C=O) groups is 2. The Hall–Kier alpha value is -2.11. The number of nitrogens with one attached hydrogen (secondary N) is 1. The lowest BCUT2D eigenvalue weighted by molar-refractivity contribution is -0.133. The normalized spacial score (nSPS) is 25.4. The molecule has 0 bridgehead atoms. The van der Waals surface area contributed by atoms with Gasteiger partial charge >= 0.3 is 0 Å². The summed E-state index contributed by atoms with van der Waals surface area (Å²) in [6.45, 7) is 3.84. The average Bonchev–Trinajstić information content (AvgIpc) is 3.02. The van der Waals surface area contributed by atoms with Gasteiger partial charge in [-0.1, -0.05) is 13.0 Å². The van der Waals surface area contributed by atoms with Crippen LogP contribution >= 0.6 is 0 Å². The van der Waals surface area contributed by atoms with E-state index < -0.39 is 11.4 Å². The maximum Gasteiger partial charge on any atom is 0.222 e. The molecule has 1 aromatic carbocycles. The van der Waals surface area contributed by atoms with Crippen LogP contribution in [0.1, 0.15) is 51.0 Å². The molecule has 0 saturated carbocycles. The zero-order valence-corrected chi connectivity index (χ0v) is 16.2. The minimum atomic E-state index is -0.447. The first-order valence-corrected chi connectivity index (χ1v) is 9.82. The number of hydrogen-bond acceptors (Lipinski definition) is 3. The molecule has 2 amide bonds. The summed E-state index contributed by atoms with van der Waals surface area (Å²) in [5.41, 5.74) is 0.450. The minimum Gasteiger partial charge on any atom is -0.494 e. The van der Waals surface area contributed by atoms with Gasteiger partial charge in [-0.05, 0) is 55.7 Å². The first-order valence-electron chi connectivity index (χ1n) is 9.82. The molecular weight excluding hydrogens is 347 g/mol. The molecule has 5 nitrogen and oxygen atoms in total. The summed E-state index contributed by atoms with van der Waals surface area (Å²) in [6.07, 6.45) is 4.98. The van der Waals surface area contributed by atoms with Gasteiger partial charge in [0.2, 0.25) is 11.8 Å². The predicted octanol–water partition coefficient (Wildman–Crippen LogP) is 3.06. The topological polar surface area (TPSA) is 58.6 Å². The Balaban J connectivity index is 1.68. The van der Waals surface area contributed by atoms with Crippen LogP contribution in [0.5, 0.6) is 5.75 Å². The molecule has 2 aliphatic heterocycles. The quantitative estimate of drug-likeness (QED) is 0.830.